The van der Waals surface area contributed by atoms with Gasteiger partial charge in [-0.3, -0.25) is 4.79 Å². The number of dihydropyridines is 1. The monoisotopic (exact) mass is 523 g/mol. The molecule has 38 heavy (non-hydrogen) atoms. The number of ketones is 1. The van der Waals surface area contributed by atoms with E-state index < -0.39 is 11.9 Å². The second-order valence-corrected chi connectivity index (χ2v) is 9.19. The molecular weight excluding hydrogens is 490 g/mol. The van der Waals surface area contributed by atoms with Gasteiger partial charge in [0.15, 0.2) is 28.8 Å². The Hall–Kier alpha value is -3.98. The van der Waals surface area contributed by atoms with Crippen LogP contribution in [0.1, 0.15) is 42.7 Å². The van der Waals surface area contributed by atoms with Gasteiger partial charge in [0.25, 0.3) is 0 Å². The van der Waals surface area contributed by atoms with Crippen molar-refractivity contribution in [3.8, 4) is 23.0 Å². The normalized spacial score (nSPS) is 19.0. The number of phenolic OH excluding ortho intramolecular Hbond substituents is 1. The number of benzene rings is 2. The zero-order chi connectivity index (χ0) is 27.4. The molecule has 1 heterocycles. The van der Waals surface area contributed by atoms with Crippen molar-refractivity contribution in [2.24, 2.45) is 0 Å². The Kier molecular flexibility index (Phi) is 8.26. The fraction of sp³-hybridized carbons (Fsp3) is 0.379. The Morgan fingerprint density at radius 3 is 2.26 bits per heavy atom. The van der Waals surface area contributed by atoms with Gasteiger partial charge in [-0.15, -0.1) is 0 Å². The number of aromatic hydroxyl groups is 1. The highest BCUT2D eigenvalue weighted by atomic mass is 16.6. The molecule has 0 amide bonds. The van der Waals surface area contributed by atoms with Crippen molar-refractivity contribution in [2.45, 2.75) is 31.6 Å². The molecule has 0 saturated heterocycles. The van der Waals surface area contributed by atoms with Gasteiger partial charge in [0.2, 0.25) is 0 Å². The van der Waals surface area contributed by atoms with Gasteiger partial charge in [-0.2, -0.15) is 0 Å². The molecule has 0 unspecified atom stereocenters. The van der Waals surface area contributed by atoms with E-state index in [-0.39, 0.29) is 37.1 Å². The van der Waals surface area contributed by atoms with Crippen LogP contribution in [0.5, 0.6) is 23.0 Å². The molecule has 1 aliphatic heterocycles. The number of hydrogen-bond donors (Lipinski definition) is 2. The third kappa shape index (κ3) is 5.19. The minimum Gasteiger partial charge on any atom is -0.504 e. The maximum Gasteiger partial charge on any atom is 0.336 e. The lowest BCUT2D eigenvalue weighted by Gasteiger charge is -2.36. The lowest BCUT2D eigenvalue weighted by atomic mass is 9.71. The quantitative estimate of drug-likeness (QED) is 0.372. The topological polar surface area (TPSA) is 113 Å². The number of Topliss-reactive ketones (excluding diaryl/α,β-unsaturated/α-hetero) is 1. The minimum atomic E-state index is -0.711. The molecule has 2 aromatic rings. The molecule has 202 valence electrons. The highest BCUT2D eigenvalue weighted by Crippen LogP contribution is 2.47. The molecule has 2 N–H and O–H groups in total. The summed E-state index contributed by atoms with van der Waals surface area (Å²) in [5.74, 6) is -0.0191. The zero-order valence-corrected chi connectivity index (χ0v) is 22.3. The number of methoxy groups -OCH3 is 4. The third-order valence-electron chi connectivity index (χ3n) is 6.98. The van der Waals surface area contributed by atoms with E-state index in [1.54, 1.807) is 33.3 Å². The highest BCUT2D eigenvalue weighted by Gasteiger charge is 2.41. The van der Waals surface area contributed by atoms with Gasteiger partial charge in [-0.05, 0) is 54.7 Å². The molecule has 2 aromatic carbocycles. The molecule has 9 heteroatoms. The van der Waals surface area contributed by atoms with E-state index in [0.717, 1.165) is 11.3 Å². The van der Waals surface area contributed by atoms with Crippen LogP contribution in [0.2, 0.25) is 0 Å². The summed E-state index contributed by atoms with van der Waals surface area (Å²) < 4.78 is 26.5. The van der Waals surface area contributed by atoms with Crippen molar-refractivity contribution in [3.63, 3.8) is 0 Å². The molecule has 0 spiro atoms. The van der Waals surface area contributed by atoms with Crippen LogP contribution in [-0.2, 0) is 19.1 Å². The van der Waals surface area contributed by atoms with E-state index in [0.29, 0.717) is 46.1 Å². The molecule has 1 aliphatic carbocycles. The number of phenols is 1. The number of ether oxygens (including phenoxy) is 5. The van der Waals surface area contributed by atoms with Crippen molar-refractivity contribution < 1.29 is 38.4 Å². The van der Waals surface area contributed by atoms with Crippen molar-refractivity contribution in [3.05, 3.63) is 70.1 Å². The number of esters is 1. The predicted octanol–water partition coefficient (Wildman–Crippen LogP) is 3.97. The van der Waals surface area contributed by atoms with Crippen LogP contribution in [0.4, 0.5) is 0 Å². The van der Waals surface area contributed by atoms with Crippen molar-refractivity contribution in [2.75, 3.05) is 41.7 Å². The second-order valence-electron chi connectivity index (χ2n) is 9.19. The van der Waals surface area contributed by atoms with Gasteiger partial charge in [-0.25, -0.2) is 4.79 Å². The Morgan fingerprint density at radius 1 is 0.921 bits per heavy atom. The van der Waals surface area contributed by atoms with Gasteiger partial charge in [-0.1, -0.05) is 12.1 Å². The standard InChI is InChI=1S/C29H33NO8/c1-16-26(29(33)38-11-10-34-2)27(18-7-8-23(35-3)21(31)13-18)28-20(30-16)12-19(14-22(28)32)17-6-9-24(36-4)25(15-17)37-5/h6-9,13,15,19,27,30-31H,10-12,14H2,1-5H3/t19-,27-/m0/s1. The Balaban J connectivity index is 1.76. The number of nitrogens with one attached hydrogen (secondary N) is 1. The molecule has 9 nitrogen and oxygen atoms in total. The maximum absolute atomic E-state index is 13.8. The van der Waals surface area contributed by atoms with Crippen molar-refractivity contribution in [1.29, 1.82) is 0 Å². The summed E-state index contributed by atoms with van der Waals surface area (Å²) in [5, 5.41) is 13.8. The first-order chi connectivity index (χ1) is 18.3. The Labute approximate surface area is 222 Å². The summed E-state index contributed by atoms with van der Waals surface area (Å²) in [5.41, 5.74) is 3.69. The van der Waals surface area contributed by atoms with Gasteiger partial charge in [0, 0.05) is 36.4 Å². The predicted molar refractivity (Wildman–Crippen MR) is 140 cm³/mol. The average molecular weight is 524 g/mol. The Bertz CT molecular complexity index is 1300. The van der Waals surface area contributed by atoms with Crippen LogP contribution in [0.15, 0.2) is 58.9 Å². The van der Waals surface area contributed by atoms with E-state index in [2.05, 4.69) is 5.32 Å². The van der Waals surface area contributed by atoms with Crippen LogP contribution < -0.4 is 19.5 Å². The molecule has 0 aromatic heterocycles. The molecule has 0 fully saturated rings. The van der Waals surface area contributed by atoms with E-state index in [1.165, 1.54) is 20.3 Å². The van der Waals surface area contributed by atoms with E-state index in [4.69, 9.17) is 23.7 Å². The molecule has 0 saturated carbocycles. The average Bonchev–Trinajstić information content (AvgIpc) is 2.91. The van der Waals surface area contributed by atoms with E-state index >= 15 is 0 Å². The smallest absolute Gasteiger partial charge is 0.336 e. The summed E-state index contributed by atoms with van der Waals surface area (Å²) in [6.45, 7) is 2.12. The summed E-state index contributed by atoms with van der Waals surface area (Å²) in [4.78, 5) is 27.0. The summed E-state index contributed by atoms with van der Waals surface area (Å²) in [6.07, 6.45) is 0.804. The van der Waals surface area contributed by atoms with Crippen LogP contribution in [0, 0.1) is 0 Å². The number of allylic oxidation sites excluding steroid dienone is 3. The van der Waals surface area contributed by atoms with Crippen molar-refractivity contribution in [1.82, 2.24) is 5.32 Å². The van der Waals surface area contributed by atoms with Gasteiger partial charge >= 0.3 is 5.97 Å². The summed E-state index contributed by atoms with van der Waals surface area (Å²) >= 11 is 0. The minimum absolute atomic E-state index is 0.0773. The lowest BCUT2D eigenvalue weighted by Crippen LogP contribution is -2.36. The second kappa shape index (κ2) is 11.6. The summed E-state index contributed by atoms with van der Waals surface area (Å²) in [6, 6.07) is 10.6. The van der Waals surface area contributed by atoms with E-state index in [1.807, 2.05) is 18.2 Å². The van der Waals surface area contributed by atoms with Crippen molar-refractivity contribution >= 4 is 11.8 Å². The number of carbonyl (C=O) groups excluding carboxylic acids is 2. The Morgan fingerprint density at radius 2 is 1.61 bits per heavy atom. The first kappa shape index (κ1) is 27.1. The maximum atomic E-state index is 13.8. The fourth-order valence-corrected chi connectivity index (χ4v) is 5.17. The SMILES string of the molecule is COCCOC(=O)C1=C(C)NC2=C(C(=O)C[C@@H](c3ccc(OC)c(OC)c3)C2)[C@H]1c1ccc(OC)c(O)c1. The highest BCUT2D eigenvalue weighted by molar-refractivity contribution is 6.04. The first-order valence-corrected chi connectivity index (χ1v) is 12.3. The van der Waals surface area contributed by atoms with E-state index in [9.17, 15) is 14.7 Å². The zero-order valence-electron chi connectivity index (χ0n) is 22.3. The molecule has 2 atom stereocenters. The van der Waals surface area contributed by atoms with Gasteiger partial charge in [0.1, 0.15) is 6.61 Å². The molecule has 0 bridgehead atoms. The number of rotatable bonds is 9. The summed E-state index contributed by atoms with van der Waals surface area (Å²) in [7, 11) is 6.14. The molecule has 0 radical (unpaired) electrons. The van der Waals surface area contributed by atoms with Crippen LogP contribution in [0.25, 0.3) is 0 Å². The van der Waals surface area contributed by atoms with Crippen LogP contribution in [0.3, 0.4) is 0 Å². The fourth-order valence-electron chi connectivity index (χ4n) is 5.17. The largest absolute Gasteiger partial charge is 0.504 e. The number of hydrogen-bond acceptors (Lipinski definition) is 9. The van der Waals surface area contributed by atoms with Crippen LogP contribution in [-0.4, -0.2) is 58.5 Å². The van der Waals surface area contributed by atoms with Gasteiger partial charge in [0.05, 0.1) is 33.5 Å². The molecule has 4 rings (SSSR count). The lowest BCUT2D eigenvalue weighted by molar-refractivity contribution is -0.140. The first-order valence-electron chi connectivity index (χ1n) is 12.3. The molecule has 2 aliphatic rings. The molecular formula is C29H33NO8. The third-order valence-corrected chi connectivity index (χ3v) is 6.98. The number of carbonyl (C=O) groups is 2. The van der Waals surface area contributed by atoms with Crippen LogP contribution >= 0.6 is 0 Å². The van der Waals surface area contributed by atoms with Gasteiger partial charge < -0.3 is 34.1 Å².